The highest BCUT2D eigenvalue weighted by atomic mass is 32.2. The van der Waals surface area contributed by atoms with Gasteiger partial charge in [-0.05, 0) is 30.5 Å². The highest BCUT2D eigenvalue weighted by molar-refractivity contribution is 7.97. The zero-order chi connectivity index (χ0) is 21.3. The monoisotopic (exact) mass is 434 g/mol. The van der Waals surface area contributed by atoms with Crippen molar-refractivity contribution in [1.82, 2.24) is 14.5 Å². The number of hydrogen-bond acceptors (Lipinski definition) is 9. The maximum absolute atomic E-state index is 12.8. The number of thioether (sulfide) groups is 1. The smallest absolute Gasteiger partial charge is 0.322 e. The molecule has 0 bridgehead atoms. The van der Waals surface area contributed by atoms with Gasteiger partial charge < -0.3 is 4.42 Å². The number of nitriles is 2. The lowest BCUT2D eigenvalue weighted by molar-refractivity contribution is 0.102. The topological polar surface area (TPSA) is 153 Å². The van der Waals surface area contributed by atoms with Gasteiger partial charge in [-0.3, -0.25) is 10.1 Å². The Kier molecular flexibility index (Phi) is 8.15. The number of nitrogens with one attached hydrogen (secondary N) is 1. The van der Waals surface area contributed by atoms with E-state index in [1.165, 1.54) is 36.0 Å². The molecule has 0 saturated heterocycles. The molecule has 0 atom stereocenters. The van der Waals surface area contributed by atoms with Crippen molar-refractivity contribution in [1.29, 1.82) is 10.5 Å². The Hall–Kier alpha value is -2.93. The van der Waals surface area contributed by atoms with Crippen LogP contribution in [0.5, 0.6) is 0 Å². The van der Waals surface area contributed by atoms with Crippen LogP contribution in [0.25, 0.3) is 0 Å². The molecular weight excluding hydrogens is 416 g/mol. The summed E-state index contributed by atoms with van der Waals surface area (Å²) in [4.78, 5) is 12.2. The number of carbonyl (C=O) groups excluding carboxylic acids is 1. The van der Waals surface area contributed by atoms with Crippen LogP contribution in [-0.4, -0.2) is 48.2 Å². The molecular formula is C17H18N6O4S2. The number of aromatic nitrogens is 2. The van der Waals surface area contributed by atoms with Crippen molar-refractivity contribution in [2.75, 3.05) is 24.7 Å². The molecule has 29 heavy (non-hydrogen) atoms. The van der Waals surface area contributed by atoms with E-state index in [0.717, 1.165) is 4.31 Å². The summed E-state index contributed by atoms with van der Waals surface area (Å²) in [5, 5.41) is 27.4. The van der Waals surface area contributed by atoms with Gasteiger partial charge >= 0.3 is 6.01 Å². The second-order valence-electron chi connectivity index (χ2n) is 5.63. The number of hydrogen-bond donors (Lipinski definition) is 1. The molecule has 2 rings (SSSR count). The fourth-order valence-corrected chi connectivity index (χ4v) is 4.09. The van der Waals surface area contributed by atoms with Crippen molar-refractivity contribution in [2.45, 2.75) is 23.5 Å². The number of rotatable bonds is 10. The molecule has 1 aromatic carbocycles. The van der Waals surface area contributed by atoms with Crippen LogP contribution in [-0.2, 0) is 15.8 Å². The maximum atomic E-state index is 12.8. The second-order valence-corrected chi connectivity index (χ2v) is 8.44. The van der Waals surface area contributed by atoms with Crippen LogP contribution < -0.4 is 5.32 Å². The van der Waals surface area contributed by atoms with E-state index in [4.69, 9.17) is 14.9 Å². The van der Waals surface area contributed by atoms with Crippen molar-refractivity contribution >= 4 is 33.7 Å². The Labute approximate surface area is 172 Å². The van der Waals surface area contributed by atoms with Gasteiger partial charge in [0.2, 0.25) is 15.9 Å². The van der Waals surface area contributed by atoms with Gasteiger partial charge in [-0.25, -0.2) is 8.42 Å². The number of carbonyl (C=O) groups is 1. The van der Waals surface area contributed by atoms with E-state index in [1.807, 2.05) is 18.4 Å². The summed E-state index contributed by atoms with van der Waals surface area (Å²) in [5.41, 5.74) is 0.203. The van der Waals surface area contributed by atoms with Crippen LogP contribution in [0, 0.1) is 22.7 Å². The summed E-state index contributed by atoms with van der Waals surface area (Å²) in [6, 6.07) is 9.04. The van der Waals surface area contributed by atoms with E-state index >= 15 is 0 Å². The third-order valence-electron chi connectivity index (χ3n) is 3.66. The number of sulfonamides is 1. The molecule has 1 amide bonds. The first-order valence-corrected chi connectivity index (χ1v) is 11.2. The van der Waals surface area contributed by atoms with Gasteiger partial charge in [0.15, 0.2) is 0 Å². The quantitative estimate of drug-likeness (QED) is 0.591. The van der Waals surface area contributed by atoms with E-state index in [1.54, 1.807) is 0 Å². The SMILES string of the molecule is CSCc1nnc(NC(=O)c2ccc(S(=O)(=O)N(CCC#N)CCC#N)cc2)o1. The third-order valence-corrected chi connectivity index (χ3v) is 6.10. The van der Waals surface area contributed by atoms with Crippen LogP contribution >= 0.6 is 11.8 Å². The first-order valence-electron chi connectivity index (χ1n) is 8.39. The molecule has 0 fully saturated rings. The molecule has 0 unspecified atom stereocenters. The number of benzene rings is 1. The Bertz CT molecular complexity index is 1000. The van der Waals surface area contributed by atoms with Crippen LogP contribution in [0.15, 0.2) is 33.6 Å². The molecule has 1 heterocycles. The van der Waals surface area contributed by atoms with Gasteiger partial charge in [0.05, 0.1) is 22.8 Å². The maximum Gasteiger partial charge on any atom is 0.322 e. The van der Waals surface area contributed by atoms with Crippen LogP contribution in [0.3, 0.4) is 0 Å². The molecule has 0 saturated carbocycles. The lowest BCUT2D eigenvalue weighted by atomic mass is 10.2. The standard InChI is InChI=1S/C17H18N6O4S2/c1-28-12-15-21-22-17(27-15)20-16(24)13-4-6-14(7-5-13)29(25,26)23(10-2-8-18)11-3-9-19/h4-7H,2-3,10-12H2,1H3,(H,20,22,24). The number of amides is 1. The predicted molar refractivity (Wildman–Crippen MR) is 105 cm³/mol. The summed E-state index contributed by atoms with van der Waals surface area (Å²) in [6.07, 6.45) is 1.89. The highest BCUT2D eigenvalue weighted by Gasteiger charge is 2.24. The highest BCUT2D eigenvalue weighted by Crippen LogP contribution is 2.18. The molecule has 2 aromatic rings. The van der Waals surface area contributed by atoms with E-state index in [-0.39, 0.29) is 42.4 Å². The minimum Gasteiger partial charge on any atom is -0.407 e. The van der Waals surface area contributed by atoms with Crippen molar-refractivity contribution in [3.8, 4) is 12.1 Å². The Morgan fingerprint density at radius 2 is 1.79 bits per heavy atom. The zero-order valence-corrected chi connectivity index (χ0v) is 17.2. The molecule has 152 valence electrons. The summed E-state index contributed by atoms with van der Waals surface area (Å²) >= 11 is 1.49. The first-order chi connectivity index (χ1) is 13.9. The van der Waals surface area contributed by atoms with Crippen molar-refractivity contribution in [3.05, 3.63) is 35.7 Å². The zero-order valence-electron chi connectivity index (χ0n) is 15.5. The molecule has 12 heteroatoms. The summed E-state index contributed by atoms with van der Waals surface area (Å²) in [7, 11) is -3.89. The number of anilines is 1. The summed E-state index contributed by atoms with van der Waals surface area (Å²) in [5.74, 6) is 0.368. The summed E-state index contributed by atoms with van der Waals surface area (Å²) in [6.45, 7) is -0.0312. The van der Waals surface area contributed by atoms with Gasteiger partial charge in [-0.15, -0.1) is 5.10 Å². The first kappa shape index (κ1) is 22.4. The van der Waals surface area contributed by atoms with Crippen molar-refractivity contribution in [3.63, 3.8) is 0 Å². The van der Waals surface area contributed by atoms with Crippen LogP contribution in [0.4, 0.5) is 6.01 Å². The van der Waals surface area contributed by atoms with E-state index < -0.39 is 15.9 Å². The van der Waals surface area contributed by atoms with Gasteiger partial charge in [-0.2, -0.15) is 26.6 Å². The lowest BCUT2D eigenvalue weighted by Gasteiger charge is -2.20. The molecule has 0 radical (unpaired) electrons. The van der Waals surface area contributed by atoms with Crippen LogP contribution in [0.1, 0.15) is 29.1 Å². The van der Waals surface area contributed by atoms with Gasteiger partial charge in [0.1, 0.15) is 0 Å². The van der Waals surface area contributed by atoms with Gasteiger partial charge in [0, 0.05) is 31.5 Å². The molecule has 0 aliphatic carbocycles. The predicted octanol–water partition coefficient (Wildman–Crippen LogP) is 2.00. The fourth-order valence-electron chi connectivity index (χ4n) is 2.28. The Morgan fingerprint density at radius 1 is 1.17 bits per heavy atom. The molecule has 0 spiro atoms. The third kappa shape index (κ3) is 6.02. The molecule has 10 nitrogen and oxygen atoms in total. The molecule has 0 aliphatic heterocycles. The fraction of sp³-hybridized carbons (Fsp3) is 0.353. The summed E-state index contributed by atoms with van der Waals surface area (Å²) < 4.78 is 31.9. The Morgan fingerprint density at radius 3 is 2.34 bits per heavy atom. The van der Waals surface area contributed by atoms with Crippen molar-refractivity contribution in [2.24, 2.45) is 0 Å². The number of nitrogens with zero attached hydrogens (tertiary/aromatic N) is 5. The molecule has 1 N–H and O–H groups in total. The van der Waals surface area contributed by atoms with E-state index in [9.17, 15) is 13.2 Å². The lowest BCUT2D eigenvalue weighted by Crippen LogP contribution is -2.32. The van der Waals surface area contributed by atoms with Crippen LogP contribution in [0.2, 0.25) is 0 Å². The largest absolute Gasteiger partial charge is 0.407 e. The molecule has 1 aromatic heterocycles. The van der Waals surface area contributed by atoms with E-state index in [2.05, 4.69) is 15.5 Å². The van der Waals surface area contributed by atoms with Crippen molar-refractivity contribution < 1.29 is 17.6 Å². The average Bonchev–Trinajstić information content (AvgIpc) is 3.15. The minimum atomic E-state index is -3.89. The normalized spacial score (nSPS) is 11.0. The molecule has 0 aliphatic rings. The van der Waals surface area contributed by atoms with Gasteiger partial charge in [0.25, 0.3) is 5.91 Å². The minimum absolute atomic E-state index is 0.00779. The average molecular weight is 435 g/mol. The van der Waals surface area contributed by atoms with E-state index in [0.29, 0.717) is 11.6 Å². The van der Waals surface area contributed by atoms with Gasteiger partial charge in [-0.1, -0.05) is 5.10 Å². The second kappa shape index (κ2) is 10.6. The Balaban J connectivity index is 2.13.